The van der Waals surface area contributed by atoms with Gasteiger partial charge in [-0.25, -0.2) is 0 Å². The van der Waals surface area contributed by atoms with Gasteiger partial charge in [-0.1, -0.05) is 26.5 Å². The molecule has 2 aliphatic heterocycles. The van der Waals surface area contributed by atoms with E-state index >= 15 is 0 Å². The van der Waals surface area contributed by atoms with Gasteiger partial charge in [-0.15, -0.1) is 6.58 Å². The Labute approximate surface area is 178 Å². The number of H-pyrrole nitrogens is 1. The molecule has 0 unspecified atom stereocenters. The summed E-state index contributed by atoms with van der Waals surface area (Å²) in [5.74, 6) is -0.519. The minimum atomic E-state index is -1.42. The van der Waals surface area contributed by atoms with Crippen molar-refractivity contribution in [3.05, 3.63) is 35.4 Å². The molecule has 0 aliphatic carbocycles. The number of hydrogen-bond acceptors (Lipinski definition) is 11. The van der Waals surface area contributed by atoms with Crippen molar-refractivity contribution in [3.8, 4) is 0 Å². The van der Waals surface area contributed by atoms with Crippen molar-refractivity contribution in [2.45, 2.75) is 44.4 Å². The predicted molar refractivity (Wildman–Crippen MR) is 113 cm³/mol. The molecule has 0 aromatic carbocycles. The smallest absolute Gasteiger partial charge is 0.323 e. The predicted octanol–water partition coefficient (Wildman–Crippen LogP) is -1.39. The molecule has 12 nitrogen and oxygen atoms in total. The largest absolute Gasteiger partial charge is 0.462 e. The van der Waals surface area contributed by atoms with Gasteiger partial charge in [-0.2, -0.15) is 4.98 Å². The van der Waals surface area contributed by atoms with Gasteiger partial charge in [0.2, 0.25) is 5.95 Å². The van der Waals surface area contributed by atoms with Gasteiger partial charge in [-0.3, -0.25) is 19.5 Å². The second-order valence-corrected chi connectivity index (χ2v) is 7.76. The maximum Gasteiger partial charge on any atom is 0.323 e. The molecule has 1 saturated heterocycles. The van der Waals surface area contributed by atoms with Gasteiger partial charge in [0.05, 0.1) is 0 Å². The van der Waals surface area contributed by atoms with Crippen LogP contribution in [0.4, 0.5) is 17.5 Å². The normalized spacial score (nSPS) is 26.3. The zero-order valence-electron chi connectivity index (χ0n) is 17.4. The molecule has 12 heteroatoms. The second kappa shape index (κ2) is 8.67. The number of aliphatic hydroxyl groups is 2. The van der Waals surface area contributed by atoms with Crippen LogP contribution in [0.15, 0.2) is 29.8 Å². The Hall–Kier alpha value is -2.93. The van der Waals surface area contributed by atoms with Crippen LogP contribution in [-0.4, -0.2) is 69.9 Å². The number of nitrogens with two attached hydrogens (primary N) is 2. The van der Waals surface area contributed by atoms with Crippen LogP contribution >= 0.6 is 0 Å². The summed E-state index contributed by atoms with van der Waals surface area (Å²) in [6, 6.07) is -0.823. The number of nitrogens with one attached hydrogen (secondary N) is 1. The summed E-state index contributed by atoms with van der Waals surface area (Å²) in [4.78, 5) is 34.0. The lowest BCUT2D eigenvalue weighted by Crippen LogP contribution is -2.44. The van der Waals surface area contributed by atoms with Gasteiger partial charge < -0.3 is 36.1 Å². The number of nitrogen functional groups attached to an aromatic ring is 1. The minimum Gasteiger partial charge on any atom is -0.462 e. The Bertz CT molecular complexity index is 933. The van der Waals surface area contributed by atoms with Crippen LogP contribution in [0.2, 0.25) is 0 Å². The monoisotopic (exact) mass is 436 g/mol. The second-order valence-electron chi connectivity index (χ2n) is 7.76. The molecule has 0 spiro atoms. The highest BCUT2D eigenvalue weighted by Gasteiger charge is 2.50. The highest BCUT2D eigenvalue weighted by molar-refractivity contribution is 5.80. The van der Waals surface area contributed by atoms with E-state index in [1.54, 1.807) is 19.9 Å². The summed E-state index contributed by atoms with van der Waals surface area (Å²) < 4.78 is 11.0. The number of hydrogen-bond donors (Lipinski definition) is 5. The van der Waals surface area contributed by atoms with Crippen LogP contribution in [0.1, 0.15) is 13.8 Å². The number of carbonyl (C=O) groups excluding carboxylic acids is 1. The van der Waals surface area contributed by atoms with Crippen molar-refractivity contribution in [1.82, 2.24) is 9.97 Å². The third kappa shape index (κ3) is 4.02. The minimum absolute atomic E-state index is 0.115. The summed E-state index contributed by atoms with van der Waals surface area (Å²) in [5, 5.41) is 21.1. The van der Waals surface area contributed by atoms with Gasteiger partial charge in [0.25, 0.3) is 5.56 Å². The third-order valence-electron chi connectivity index (χ3n) is 5.27. The zero-order valence-corrected chi connectivity index (χ0v) is 17.4. The summed E-state index contributed by atoms with van der Waals surface area (Å²) in [6.07, 6.45) is -3.43. The van der Waals surface area contributed by atoms with Crippen molar-refractivity contribution in [1.29, 1.82) is 0 Å². The van der Waals surface area contributed by atoms with Crippen LogP contribution in [-0.2, 0) is 14.3 Å². The topological polar surface area (TPSA) is 180 Å². The summed E-state index contributed by atoms with van der Waals surface area (Å²) in [5.41, 5.74) is 11.1. The highest BCUT2D eigenvalue weighted by atomic mass is 16.6. The van der Waals surface area contributed by atoms with Gasteiger partial charge in [0.1, 0.15) is 36.8 Å². The molecular formula is C19H28N6O6. The average Bonchev–Trinajstić information content (AvgIpc) is 3.13. The van der Waals surface area contributed by atoms with Crippen molar-refractivity contribution in [3.63, 3.8) is 0 Å². The quantitative estimate of drug-likeness (QED) is 0.251. The molecule has 5 atom stereocenters. The van der Waals surface area contributed by atoms with Gasteiger partial charge in [-0.05, 0) is 5.92 Å². The van der Waals surface area contributed by atoms with Crippen molar-refractivity contribution in [2.24, 2.45) is 11.7 Å². The standard InChI is InChI=1S/C19H28N6O6/c1-5-6-24-9(4)25(15-12(24)16(28)23-19(21)22-15)17-14(27)13(26)10(31-17)7-30-18(29)11(20)8(2)3/h5,8,10-11,13-14,17,26-27H,1,4,6-7,20H2,2-3H3,(H3,21,22,23,28)/t10-,11+,13-,14-,17-/m1/s1. The average molecular weight is 436 g/mol. The number of carbonyl (C=O) groups is 1. The van der Waals surface area contributed by atoms with Crippen molar-refractivity contribution >= 4 is 23.4 Å². The molecule has 2 aliphatic rings. The Morgan fingerprint density at radius 2 is 2.10 bits per heavy atom. The van der Waals surface area contributed by atoms with Crippen LogP contribution in [0.25, 0.3) is 0 Å². The first-order valence-corrected chi connectivity index (χ1v) is 9.78. The Kier molecular flexibility index (Phi) is 6.36. The summed E-state index contributed by atoms with van der Waals surface area (Å²) in [6.45, 7) is 11.1. The van der Waals surface area contributed by atoms with E-state index in [0.29, 0.717) is 0 Å². The molecule has 0 radical (unpaired) electrons. The van der Waals surface area contributed by atoms with E-state index < -0.39 is 42.1 Å². The first-order valence-electron chi connectivity index (χ1n) is 9.78. The van der Waals surface area contributed by atoms with Gasteiger partial charge >= 0.3 is 5.97 Å². The Morgan fingerprint density at radius 1 is 1.42 bits per heavy atom. The van der Waals surface area contributed by atoms with E-state index in [1.807, 2.05) is 0 Å². The first-order chi connectivity index (χ1) is 14.6. The maximum atomic E-state index is 12.5. The summed E-state index contributed by atoms with van der Waals surface area (Å²) in [7, 11) is 0. The number of esters is 1. The van der Waals surface area contributed by atoms with E-state index in [4.69, 9.17) is 20.9 Å². The lowest BCUT2D eigenvalue weighted by molar-refractivity contribution is -0.151. The number of anilines is 3. The zero-order chi connectivity index (χ0) is 23.0. The lowest BCUT2D eigenvalue weighted by Gasteiger charge is -2.29. The van der Waals surface area contributed by atoms with Crippen LogP contribution in [0.3, 0.4) is 0 Å². The molecule has 1 aromatic heterocycles. The highest BCUT2D eigenvalue weighted by Crippen LogP contribution is 2.41. The van der Waals surface area contributed by atoms with Crippen molar-refractivity contribution in [2.75, 3.05) is 28.7 Å². The van der Waals surface area contributed by atoms with E-state index in [9.17, 15) is 19.8 Å². The fourth-order valence-corrected chi connectivity index (χ4v) is 3.47. The number of aromatic amines is 1. The Morgan fingerprint density at radius 3 is 2.71 bits per heavy atom. The fraction of sp³-hybridized carbons (Fsp3) is 0.526. The molecule has 0 saturated carbocycles. The molecule has 3 heterocycles. The van der Waals surface area contributed by atoms with Gasteiger partial charge in [0.15, 0.2) is 17.7 Å². The number of fused-ring (bicyclic) bond motifs is 1. The van der Waals surface area contributed by atoms with Crippen LogP contribution < -0.4 is 26.8 Å². The number of nitrogens with zero attached hydrogens (tertiary/aromatic N) is 3. The maximum absolute atomic E-state index is 12.5. The number of aromatic nitrogens is 2. The molecule has 1 fully saturated rings. The van der Waals surface area contributed by atoms with Crippen LogP contribution in [0, 0.1) is 5.92 Å². The summed E-state index contributed by atoms with van der Waals surface area (Å²) >= 11 is 0. The van der Waals surface area contributed by atoms with Crippen molar-refractivity contribution < 1.29 is 24.5 Å². The Balaban J connectivity index is 1.84. The molecule has 7 N–H and O–H groups in total. The first kappa shape index (κ1) is 22.7. The fourth-order valence-electron chi connectivity index (χ4n) is 3.47. The van der Waals surface area contributed by atoms with E-state index in [0.717, 1.165) is 0 Å². The van der Waals surface area contributed by atoms with Gasteiger partial charge in [0, 0.05) is 6.54 Å². The molecule has 1 aromatic rings. The van der Waals surface area contributed by atoms with E-state index in [2.05, 4.69) is 23.1 Å². The van der Waals surface area contributed by atoms with E-state index in [1.165, 1.54) is 9.80 Å². The number of aliphatic hydroxyl groups excluding tert-OH is 2. The molecular weight excluding hydrogens is 408 g/mol. The molecule has 0 amide bonds. The molecule has 0 bridgehead atoms. The third-order valence-corrected chi connectivity index (χ3v) is 5.27. The molecule has 170 valence electrons. The lowest BCUT2D eigenvalue weighted by atomic mass is 10.1. The SMILES string of the molecule is C=CCN1C(=C)N([C@@H]2O[C@H](COC(=O)[C@@H](N)C(C)C)[C@@H](O)[C@H]2O)c2nc(N)[nH]c(=O)c21. The van der Waals surface area contributed by atoms with Crippen LogP contribution in [0.5, 0.6) is 0 Å². The molecule has 31 heavy (non-hydrogen) atoms. The molecule has 3 rings (SSSR count). The number of rotatable bonds is 7. The number of ether oxygens (including phenoxy) is 2. The van der Waals surface area contributed by atoms with E-state index in [-0.39, 0.29) is 42.3 Å².